The van der Waals surface area contributed by atoms with Crippen molar-refractivity contribution >= 4 is 12.3 Å². The largest absolute Gasteiger partial charge is 0.458 e. The van der Waals surface area contributed by atoms with Gasteiger partial charge in [-0.15, -0.1) is 0 Å². The van der Waals surface area contributed by atoms with Crippen molar-refractivity contribution in [2.45, 2.75) is 39.5 Å². The van der Waals surface area contributed by atoms with Gasteiger partial charge in [-0.1, -0.05) is 42.2 Å². The van der Waals surface area contributed by atoms with Crippen LogP contribution in [0, 0.1) is 11.8 Å². The Kier molecular flexibility index (Phi) is 13.5. The summed E-state index contributed by atoms with van der Waals surface area (Å²) < 4.78 is 5.00. The van der Waals surface area contributed by atoms with Crippen molar-refractivity contribution < 1.29 is 14.3 Å². The summed E-state index contributed by atoms with van der Waals surface area (Å²) in [5.41, 5.74) is 0.606. The predicted octanol–water partition coefficient (Wildman–Crippen LogP) is 3.93. The van der Waals surface area contributed by atoms with Crippen LogP contribution in [0.25, 0.3) is 0 Å². The average Bonchev–Trinajstić information content (AvgIpc) is 2.54. The molecule has 3 nitrogen and oxygen atoms in total. The first-order valence-corrected chi connectivity index (χ1v) is 7.41. The zero-order valence-corrected chi connectivity index (χ0v) is 13.4. The number of carbonyl (C=O) groups is 2. The molecule has 0 saturated carbocycles. The summed E-state index contributed by atoms with van der Waals surface area (Å²) in [6.45, 7) is 3.78. The highest BCUT2D eigenvalue weighted by Gasteiger charge is 2.01. The van der Waals surface area contributed by atoms with Crippen LogP contribution in [0.4, 0.5) is 0 Å². The lowest BCUT2D eigenvalue weighted by Gasteiger charge is -1.99. The van der Waals surface area contributed by atoms with Gasteiger partial charge in [-0.3, -0.25) is 0 Å². The number of hydrogen-bond acceptors (Lipinski definition) is 3. The molecule has 0 aromatic rings. The highest BCUT2D eigenvalue weighted by Crippen LogP contribution is 1.96. The number of hydrogen-bond donors (Lipinski definition) is 0. The Morgan fingerprint density at radius 2 is 1.95 bits per heavy atom. The van der Waals surface area contributed by atoms with Crippen molar-refractivity contribution in [1.82, 2.24) is 0 Å². The van der Waals surface area contributed by atoms with E-state index in [4.69, 9.17) is 4.74 Å². The molecule has 118 valence electrons. The average molecular weight is 300 g/mol. The Labute approximate surface area is 133 Å². The second kappa shape index (κ2) is 15.1. The van der Waals surface area contributed by atoms with Gasteiger partial charge in [-0.2, -0.15) is 0 Å². The van der Waals surface area contributed by atoms with E-state index in [1.54, 1.807) is 44.2 Å². The number of ether oxygens (including phenoxy) is 1. The Hall–Kier alpha value is -2.34. The van der Waals surface area contributed by atoms with E-state index >= 15 is 0 Å². The predicted molar refractivity (Wildman–Crippen MR) is 90.1 cm³/mol. The molecule has 0 spiro atoms. The zero-order chi connectivity index (χ0) is 16.5. The van der Waals surface area contributed by atoms with Gasteiger partial charge in [-0.25, -0.2) is 4.79 Å². The molecule has 0 amide bonds. The number of carbonyl (C=O) groups excluding carboxylic acids is 2. The van der Waals surface area contributed by atoms with Crippen LogP contribution in [0.15, 0.2) is 48.1 Å². The minimum atomic E-state index is -0.296. The van der Waals surface area contributed by atoms with Crippen molar-refractivity contribution in [3.8, 4) is 11.8 Å². The summed E-state index contributed by atoms with van der Waals surface area (Å²) >= 11 is 0. The van der Waals surface area contributed by atoms with Crippen molar-refractivity contribution in [1.29, 1.82) is 0 Å². The van der Waals surface area contributed by atoms with Crippen LogP contribution >= 0.6 is 0 Å². The van der Waals surface area contributed by atoms with E-state index in [-0.39, 0.29) is 12.6 Å². The molecule has 0 aromatic carbocycles. The molecular formula is C19H24O3. The topological polar surface area (TPSA) is 43.4 Å². The fourth-order valence-corrected chi connectivity index (χ4v) is 1.29. The van der Waals surface area contributed by atoms with Gasteiger partial charge in [0.15, 0.2) is 0 Å². The first-order chi connectivity index (χ1) is 10.7. The minimum absolute atomic E-state index is 0.255. The zero-order valence-electron chi connectivity index (χ0n) is 13.4. The molecule has 0 unspecified atom stereocenters. The Bertz CT molecular complexity index is 497. The molecule has 0 radical (unpaired) electrons. The normalized spacial score (nSPS) is 11.8. The van der Waals surface area contributed by atoms with Gasteiger partial charge in [0.25, 0.3) is 0 Å². The fourth-order valence-electron chi connectivity index (χ4n) is 1.29. The molecule has 0 aliphatic carbocycles. The first kappa shape index (κ1) is 19.7. The summed E-state index contributed by atoms with van der Waals surface area (Å²) in [6.07, 6.45) is 17.0. The highest BCUT2D eigenvalue weighted by atomic mass is 16.5. The molecule has 0 saturated heterocycles. The molecular weight excluding hydrogens is 276 g/mol. The van der Waals surface area contributed by atoms with Crippen LogP contribution in [-0.4, -0.2) is 18.9 Å². The maximum absolute atomic E-state index is 11.3. The van der Waals surface area contributed by atoms with Gasteiger partial charge in [0, 0.05) is 18.4 Å². The smallest absolute Gasteiger partial charge is 0.333 e. The quantitative estimate of drug-likeness (QED) is 0.123. The van der Waals surface area contributed by atoms with Gasteiger partial charge in [-0.05, 0) is 38.8 Å². The Balaban J connectivity index is 3.74. The lowest BCUT2D eigenvalue weighted by atomic mass is 10.2. The van der Waals surface area contributed by atoms with E-state index in [9.17, 15) is 9.59 Å². The summed E-state index contributed by atoms with van der Waals surface area (Å²) in [7, 11) is 0. The van der Waals surface area contributed by atoms with E-state index < -0.39 is 0 Å². The van der Waals surface area contributed by atoms with Crippen LogP contribution in [0.3, 0.4) is 0 Å². The van der Waals surface area contributed by atoms with Crippen molar-refractivity contribution in [2.24, 2.45) is 0 Å². The van der Waals surface area contributed by atoms with Gasteiger partial charge in [0.05, 0.1) is 0 Å². The van der Waals surface area contributed by atoms with E-state index in [0.717, 1.165) is 19.1 Å². The first-order valence-electron chi connectivity index (χ1n) is 7.41. The number of esters is 1. The lowest BCUT2D eigenvalue weighted by molar-refractivity contribution is -0.137. The highest BCUT2D eigenvalue weighted by molar-refractivity contribution is 5.87. The standard InChI is InChI=1S/C19H24O3/c1-3-18(2)19(21)22-17-15-13-11-9-7-5-4-6-8-10-12-14-16-20/h3,6,8-9,11,13,15-16H,4,10,12,14,17H2,1-2H3. The number of unbranched alkanes of at least 4 members (excludes halogenated alkanes) is 2. The maximum atomic E-state index is 11.3. The number of aldehydes is 1. The second-order valence-electron chi connectivity index (χ2n) is 4.45. The van der Waals surface area contributed by atoms with Crippen molar-refractivity contribution in [2.75, 3.05) is 6.61 Å². The van der Waals surface area contributed by atoms with Crippen molar-refractivity contribution in [3.05, 3.63) is 48.1 Å². The van der Waals surface area contributed by atoms with Crippen molar-refractivity contribution in [3.63, 3.8) is 0 Å². The minimum Gasteiger partial charge on any atom is -0.458 e. The molecule has 22 heavy (non-hydrogen) atoms. The Morgan fingerprint density at radius 1 is 1.14 bits per heavy atom. The number of allylic oxidation sites excluding steroid dienone is 6. The summed E-state index contributed by atoms with van der Waals surface area (Å²) in [5, 5.41) is 0. The van der Waals surface area contributed by atoms with Gasteiger partial charge < -0.3 is 9.53 Å². The summed E-state index contributed by atoms with van der Waals surface area (Å²) in [6, 6.07) is 0. The van der Waals surface area contributed by atoms with Crippen LogP contribution in [0.5, 0.6) is 0 Å². The summed E-state index contributed by atoms with van der Waals surface area (Å²) in [4.78, 5) is 21.4. The molecule has 3 heteroatoms. The van der Waals surface area contributed by atoms with Gasteiger partial charge in [0.2, 0.25) is 0 Å². The second-order valence-corrected chi connectivity index (χ2v) is 4.45. The third-order valence-electron chi connectivity index (χ3n) is 2.67. The molecule has 0 N–H and O–H groups in total. The maximum Gasteiger partial charge on any atom is 0.333 e. The third kappa shape index (κ3) is 12.7. The van der Waals surface area contributed by atoms with Gasteiger partial charge >= 0.3 is 5.97 Å². The summed E-state index contributed by atoms with van der Waals surface area (Å²) in [5.74, 6) is 5.60. The monoisotopic (exact) mass is 300 g/mol. The molecule has 0 aliphatic rings. The van der Waals surface area contributed by atoms with Gasteiger partial charge in [0.1, 0.15) is 12.9 Å². The Morgan fingerprint density at radius 3 is 2.68 bits per heavy atom. The van der Waals surface area contributed by atoms with Crippen LogP contribution in [0.2, 0.25) is 0 Å². The van der Waals surface area contributed by atoms with E-state index in [0.29, 0.717) is 18.4 Å². The molecule has 0 fully saturated rings. The molecule has 0 aromatic heterocycles. The van der Waals surface area contributed by atoms with E-state index in [2.05, 4.69) is 11.8 Å². The van der Waals surface area contributed by atoms with Crippen LogP contribution in [0.1, 0.15) is 39.5 Å². The molecule has 0 heterocycles. The SMILES string of the molecule is CC=C(C)C(=O)OCC=CC=CC#CCC=CCCCC=O. The molecule has 0 rings (SSSR count). The van der Waals surface area contributed by atoms with Crippen LogP contribution < -0.4 is 0 Å². The third-order valence-corrected chi connectivity index (χ3v) is 2.67. The number of rotatable bonds is 9. The van der Waals surface area contributed by atoms with E-state index in [1.807, 2.05) is 12.2 Å². The lowest BCUT2D eigenvalue weighted by Crippen LogP contribution is -2.05. The van der Waals surface area contributed by atoms with E-state index in [1.165, 1.54) is 0 Å². The molecule has 0 bridgehead atoms. The molecule has 0 aliphatic heterocycles. The molecule has 0 atom stereocenters. The fraction of sp³-hybridized carbons (Fsp3) is 0.368. The van der Waals surface area contributed by atoms with Crippen LogP contribution in [-0.2, 0) is 14.3 Å².